The maximum absolute atomic E-state index is 13.3. The fourth-order valence-corrected chi connectivity index (χ4v) is 2.79. The van der Waals surface area contributed by atoms with Crippen molar-refractivity contribution in [1.82, 2.24) is 5.32 Å². The molecule has 0 spiro atoms. The van der Waals surface area contributed by atoms with Crippen LogP contribution in [0.25, 0.3) is 0 Å². The third kappa shape index (κ3) is 3.15. The molecule has 0 fully saturated rings. The lowest BCUT2D eigenvalue weighted by atomic mass is 9.94. The van der Waals surface area contributed by atoms with Gasteiger partial charge in [-0.05, 0) is 25.5 Å². The van der Waals surface area contributed by atoms with Crippen molar-refractivity contribution >= 4 is 17.6 Å². The largest absolute Gasteiger partial charge is 0.481 e. The van der Waals surface area contributed by atoms with Crippen LogP contribution in [0.2, 0.25) is 0 Å². The number of hydrogen-bond acceptors (Lipinski definition) is 4. The van der Waals surface area contributed by atoms with Gasteiger partial charge in [0.05, 0.1) is 11.6 Å². The van der Waals surface area contributed by atoms with Crippen LogP contribution in [0.1, 0.15) is 25.3 Å². The third-order valence-electron chi connectivity index (χ3n) is 4.22. The summed E-state index contributed by atoms with van der Waals surface area (Å²) in [5, 5.41) is 15.7. The Bertz CT molecular complexity index is 746. The third-order valence-corrected chi connectivity index (χ3v) is 4.22. The summed E-state index contributed by atoms with van der Waals surface area (Å²) in [6.45, 7) is 1.60. The van der Waals surface area contributed by atoms with E-state index in [1.807, 2.05) is 0 Å². The van der Waals surface area contributed by atoms with Gasteiger partial charge in [0.25, 0.3) is 5.91 Å². The Morgan fingerprint density at radius 2 is 2.21 bits per heavy atom. The minimum Gasteiger partial charge on any atom is -0.481 e. The fraction of sp³-hybridized carbons (Fsp3) is 0.353. The van der Waals surface area contributed by atoms with E-state index in [2.05, 4.69) is 10.5 Å². The number of oxime groups is 1. The highest BCUT2D eigenvalue weighted by molar-refractivity contribution is 6.05. The van der Waals surface area contributed by atoms with Crippen LogP contribution < -0.4 is 5.32 Å². The number of rotatable bonds is 4. The van der Waals surface area contributed by atoms with Crippen molar-refractivity contribution in [3.05, 3.63) is 47.8 Å². The molecule has 6 nitrogen and oxygen atoms in total. The molecule has 0 saturated carbocycles. The quantitative estimate of drug-likeness (QED) is 0.824. The predicted octanol–water partition coefficient (Wildman–Crippen LogP) is 1.85. The lowest BCUT2D eigenvalue weighted by Gasteiger charge is -2.22. The molecule has 1 aliphatic heterocycles. The molecule has 3 atom stereocenters. The predicted molar refractivity (Wildman–Crippen MR) is 83.9 cm³/mol. The van der Waals surface area contributed by atoms with Gasteiger partial charge in [-0.15, -0.1) is 0 Å². The van der Waals surface area contributed by atoms with Crippen molar-refractivity contribution < 1.29 is 23.9 Å². The van der Waals surface area contributed by atoms with Crippen LogP contribution in [-0.4, -0.2) is 34.3 Å². The van der Waals surface area contributed by atoms with Gasteiger partial charge in [-0.1, -0.05) is 29.4 Å². The summed E-state index contributed by atoms with van der Waals surface area (Å²) in [4.78, 5) is 28.7. The van der Waals surface area contributed by atoms with E-state index in [1.54, 1.807) is 31.2 Å². The molecule has 1 unspecified atom stereocenters. The number of benzene rings is 1. The van der Waals surface area contributed by atoms with Crippen molar-refractivity contribution in [3.8, 4) is 0 Å². The second-order valence-electron chi connectivity index (χ2n) is 6.19. The Kier molecular flexibility index (Phi) is 4.09. The number of aliphatic carboxylic acids is 1. The maximum atomic E-state index is 13.3. The average molecular weight is 332 g/mol. The molecule has 1 amide bonds. The second-order valence-corrected chi connectivity index (χ2v) is 6.19. The number of carbonyl (C=O) groups is 2. The summed E-state index contributed by atoms with van der Waals surface area (Å²) < 4.78 is 13.3. The van der Waals surface area contributed by atoms with Crippen LogP contribution in [0.4, 0.5) is 4.39 Å². The first kappa shape index (κ1) is 16.2. The molecule has 1 aromatic carbocycles. The highest BCUT2D eigenvalue weighted by atomic mass is 19.1. The highest BCUT2D eigenvalue weighted by Gasteiger charge is 2.43. The van der Waals surface area contributed by atoms with Gasteiger partial charge in [0.15, 0.2) is 0 Å². The number of carboxylic acid groups (broad SMARTS) is 1. The summed E-state index contributed by atoms with van der Waals surface area (Å²) in [7, 11) is 0. The molecule has 1 heterocycles. The van der Waals surface area contributed by atoms with Crippen molar-refractivity contribution in [1.29, 1.82) is 0 Å². The molecule has 126 valence electrons. The van der Waals surface area contributed by atoms with Gasteiger partial charge in [0.2, 0.25) is 5.60 Å². The zero-order chi connectivity index (χ0) is 17.3. The SMILES string of the molecule is CC1(C(=O)N[C@@H]2C=C[C@H](C(=O)O)C2)CC(c2cccc(F)c2)=NO1. The molecular weight excluding hydrogens is 315 g/mol. The monoisotopic (exact) mass is 332 g/mol. The van der Waals surface area contributed by atoms with E-state index in [0.29, 0.717) is 17.7 Å². The molecule has 2 N–H and O–H groups in total. The molecule has 0 radical (unpaired) electrons. The summed E-state index contributed by atoms with van der Waals surface area (Å²) in [5.74, 6) is -2.27. The van der Waals surface area contributed by atoms with Gasteiger partial charge in [0.1, 0.15) is 5.82 Å². The van der Waals surface area contributed by atoms with E-state index < -0.39 is 17.5 Å². The van der Waals surface area contributed by atoms with Crippen molar-refractivity contribution in [2.75, 3.05) is 0 Å². The molecule has 24 heavy (non-hydrogen) atoms. The van der Waals surface area contributed by atoms with E-state index in [1.165, 1.54) is 12.1 Å². The standard InChI is InChI=1S/C17H17FN2O4/c1-17(16(23)19-13-6-5-11(8-13)15(21)22)9-14(20-24-17)10-3-2-4-12(18)7-10/h2-7,11,13H,8-9H2,1H3,(H,19,23)(H,21,22)/t11-,13+,17?/m0/s1. The minimum atomic E-state index is -1.20. The van der Waals surface area contributed by atoms with E-state index >= 15 is 0 Å². The number of nitrogens with one attached hydrogen (secondary N) is 1. The molecule has 2 aliphatic rings. The molecule has 0 saturated heterocycles. The van der Waals surface area contributed by atoms with Crippen LogP contribution >= 0.6 is 0 Å². The molecule has 0 bridgehead atoms. The van der Waals surface area contributed by atoms with Crippen molar-refractivity contribution in [2.24, 2.45) is 11.1 Å². The molecular formula is C17H17FN2O4. The Balaban J connectivity index is 1.63. The van der Waals surface area contributed by atoms with Crippen LogP contribution in [0, 0.1) is 11.7 Å². The maximum Gasteiger partial charge on any atom is 0.310 e. The van der Waals surface area contributed by atoms with Crippen LogP contribution in [-0.2, 0) is 14.4 Å². The van der Waals surface area contributed by atoms with Crippen molar-refractivity contribution in [2.45, 2.75) is 31.4 Å². The molecule has 1 aromatic rings. The number of amides is 1. The topological polar surface area (TPSA) is 88.0 Å². The number of nitrogens with zero attached hydrogens (tertiary/aromatic N) is 1. The van der Waals surface area contributed by atoms with Crippen molar-refractivity contribution in [3.63, 3.8) is 0 Å². The Morgan fingerprint density at radius 3 is 2.88 bits per heavy atom. The normalized spacial score (nSPS) is 28.3. The molecule has 3 rings (SSSR count). The van der Waals surface area contributed by atoms with Gasteiger partial charge in [-0.25, -0.2) is 4.39 Å². The van der Waals surface area contributed by atoms with Crippen LogP contribution in [0.3, 0.4) is 0 Å². The lowest BCUT2D eigenvalue weighted by molar-refractivity contribution is -0.143. The first-order valence-electron chi connectivity index (χ1n) is 7.60. The van der Waals surface area contributed by atoms with Crippen LogP contribution in [0.5, 0.6) is 0 Å². The Hall–Kier alpha value is -2.70. The molecule has 1 aliphatic carbocycles. The first-order valence-corrected chi connectivity index (χ1v) is 7.60. The summed E-state index contributed by atoms with van der Waals surface area (Å²) >= 11 is 0. The second kappa shape index (κ2) is 6.07. The summed E-state index contributed by atoms with van der Waals surface area (Å²) in [6, 6.07) is 5.59. The van der Waals surface area contributed by atoms with Gasteiger partial charge in [0, 0.05) is 18.0 Å². The highest BCUT2D eigenvalue weighted by Crippen LogP contribution is 2.28. The number of hydrogen-bond donors (Lipinski definition) is 2. The first-order chi connectivity index (χ1) is 11.4. The Morgan fingerprint density at radius 1 is 1.42 bits per heavy atom. The average Bonchev–Trinajstić information content (AvgIpc) is 3.15. The zero-order valence-electron chi connectivity index (χ0n) is 13.0. The zero-order valence-corrected chi connectivity index (χ0v) is 13.0. The van der Waals surface area contributed by atoms with Gasteiger partial charge >= 0.3 is 5.97 Å². The van der Waals surface area contributed by atoms with Gasteiger partial charge in [-0.2, -0.15) is 0 Å². The number of halogens is 1. The van der Waals surface area contributed by atoms with Crippen LogP contribution in [0.15, 0.2) is 41.6 Å². The Labute approximate surface area is 138 Å². The van der Waals surface area contributed by atoms with E-state index in [4.69, 9.17) is 9.94 Å². The summed E-state index contributed by atoms with van der Waals surface area (Å²) in [5.41, 5.74) is -0.132. The van der Waals surface area contributed by atoms with Gasteiger partial charge < -0.3 is 15.3 Å². The lowest BCUT2D eigenvalue weighted by Crippen LogP contribution is -2.48. The van der Waals surface area contributed by atoms with E-state index in [-0.39, 0.29) is 24.2 Å². The van der Waals surface area contributed by atoms with E-state index in [0.717, 1.165) is 0 Å². The number of carbonyl (C=O) groups excluding carboxylic acids is 1. The molecule has 7 heteroatoms. The number of carboxylic acids is 1. The summed E-state index contributed by atoms with van der Waals surface area (Å²) in [6.07, 6.45) is 3.76. The molecule has 0 aromatic heterocycles. The smallest absolute Gasteiger partial charge is 0.310 e. The minimum absolute atomic E-state index is 0.209. The van der Waals surface area contributed by atoms with Gasteiger partial charge in [-0.3, -0.25) is 9.59 Å². The van der Waals surface area contributed by atoms with E-state index in [9.17, 15) is 14.0 Å². The fourth-order valence-electron chi connectivity index (χ4n) is 2.79.